The Kier molecular flexibility index (Phi) is 7.97. The van der Waals surface area contributed by atoms with Gasteiger partial charge in [-0.1, -0.05) is 13.8 Å². The number of hydrogen-bond acceptors (Lipinski definition) is 6. The molecule has 4 unspecified atom stereocenters. The van der Waals surface area contributed by atoms with Crippen molar-refractivity contribution in [3.05, 3.63) is 0 Å². The van der Waals surface area contributed by atoms with E-state index >= 15 is 0 Å². The molecule has 26 heavy (non-hydrogen) atoms. The number of carbonyl (C=O) groups is 4. The summed E-state index contributed by atoms with van der Waals surface area (Å²) in [6.45, 7) is 4.66. The fraction of sp³-hybridized carbons (Fsp3) is 0.750. The summed E-state index contributed by atoms with van der Waals surface area (Å²) in [7, 11) is 0. The number of aliphatic hydroxyl groups is 1. The predicted molar refractivity (Wildman–Crippen MR) is 91.8 cm³/mol. The highest BCUT2D eigenvalue weighted by atomic mass is 16.4. The summed E-state index contributed by atoms with van der Waals surface area (Å²) in [6.07, 6.45) is -0.00602. The van der Waals surface area contributed by atoms with E-state index < -0.39 is 54.5 Å². The first-order chi connectivity index (χ1) is 12.1. The monoisotopic (exact) mass is 372 g/mol. The zero-order valence-corrected chi connectivity index (χ0v) is 15.3. The van der Waals surface area contributed by atoms with Crippen LogP contribution in [0.2, 0.25) is 0 Å². The Labute approximate surface area is 152 Å². The molecule has 0 aromatic heterocycles. The number of rotatable bonds is 8. The summed E-state index contributed by atoms with van der Waals surface area (Å²) >= 11 is 0. The molecule has 0 aromatic rings. The maximum Gasteiger partial charge on any atom is 0.326 e. The Morgan fingerprint density at radius 1 is 1.23 bits per heavy atom. The first-order valence-electron chi connectivity index (χ1n) is 8.60. The highest BCUT2D eigenvalue weighted by Crippen LogP contribution is 2.18. The van der Waals surface area contributed by atoms with Crippen molar-refractivity contribution in [2.45, 2.75) is 57.8 Å². The van der Waals surface area contributed by atoms with Crippen molar-refractivity contribution in [2.75, 3.05) is 13.1 Å². The number of nitrogens with one attached hydrogen (secondary N) is 2. The molecule has 4 atom stereocenters. The molecule has 0 aliphatic carbocycles. The molecule has 3 amide bonds. The molecule has 0 bridgehead atoms. The first-order valence-corrected chi connectivity index (χ1v) is 8.60. The van der Waals surface area contributed by atoms with Gasteiger partial charge in [0, 0.05) is 6.54 Å². The van der Waals surface area contributed by atoms with Gasteiger partial charge in [0.05, 0.1) is 12.6 Å². The Balaban J connectivity index is 2.60. The summed E-state index contributed by atoms with van der Waals surface area (Å²) < 4.78 is 0. The van der Waals surface area contributed by atoms with Gasteiger partial charge in [-0.3, -0.25) is 14.4 Å². The molecular weight excluding hydrogens is 344 g/mol. The van der Waals surface area contributed by atoms with E-state index in [1.54, 1.807) is 13.8 Å². The summed E-state index contributed by atoms with van der Waals surface area (Å²) in [4.78, 5) is 48.8. The average Bonchev–Trinajstić information content (AvgIpc) is 3.05. The van der Waals surface area contributed by atoms with Crippen molar-refractivity contribution < 1.29 is 29.4 Å². The molecule has 10 heteroatoms. The highest BCUT2D eigenvalue weighted by Gasteiger charge is 2.37. The van der Waals surface area contributed by atoms with E-state index in [2.05, 4.69) is 10.6 Å². The molecule has 0 saturated carbocycles. The van der Waals surface area contributed by atoms with Crippen molar-refractivity contribution in [2.24, 2.45) is 11.7 Å². The zero-order chi connectivity index (χ0) is 20.0. The van der Waals surface area contributed by atoms with Gasteiger partial charge in [-0.25, -0.2) is 4.79 Å². The number of carboxylic acids is 1. The maximum absolute atomic E-state index is 12.3. The van der Waals surface area contributed by atoms with E-state index in [-0.39, 0.29) is 5.92 Å². The van der Waals surface area contributed by atoms with E-state index in [0.29, 0.717) is 19.4 Å². The summed E-state index contributed by atoms with van der Waals surface area (Å²) in [5.74, 6) is -3.12. The molecule has 10 nitrogen and oxygen atoms in total. The normalized spacial score (nSPS) is 20.4. The van der Waals surface area contributed by atoms with Crippen LogP contribution >= 0.6 is 0 Å². The maximum atomic E-state index is 12.3. The van der Waals surface area contributed by atoms with E-state index in [1.807, 2.05) is 0 Å². The third kappa shape index (κ3) is 5.67. The molecular formula is C16H28N4O6. The molecule has 0 spiro atoms. The number of amides is 3. The number of nitrogens with zero attached hydrogens (tertiary/aromatic N) is 1. The highest BCUT2D eigenvalue weighted by molar-refractivity contribution is 5.93. The van der Waals surface area contributed by atoms with Gasteiger partial charge in [0.25, 0.3) is 0 Å². The predicted octanol–water partition coefficient (Wildman–Crippen LogP) is -1.97. The Morgan fingerprint density at radius 3 is 2.35 bits per heavy atom. The summed E-state index contributed by atoms with van der Waals surface area (Å²) in [6, 6.07) is -2.93. The molecule has 148 valence electrons. The van der Waals surface area contributed by atoms with Gasteiger partial charge in [-0.05, 0) is 25.7 Å². The van der Waals surface area contributed by atoms with Crippen molar-refractivity contribution in [3.63, 3.8) is 0 Å². The fourth-order valence-electron chi connectivity index (χ4n) is 2.72. The molecule has 0 aromatic carbocycles. The molecule has 1 saturated heterocycles. The second-order valence-corrected chi connectivity index (χ2v) is 6.80. The lowest BCUT2D eigenvalue weighted by Crippen LogP contribution is -2.55. The molecule has 6 N–H and O–H groups in total. The minimum Gasteiger partial charge on any atom is -0.480 e. The van der Waals surface area contributed by atoms with E-state index in [9.17, 15) is 24.3 Å². The van der Waals surface area contributed by atoms with Gasteiger partial charge in [-0.15, -0.1) is 0 Å². The van der Waals surface area contributed by atoms with Gasteiger partial charge in [0.1, 0.15) is 18.1 Å². The van der Waals surface area contributed by atoms with Crippen LogP contribution in [0.25, 0.3) is 0 Å². The second kappa shape index (κ2) is 9.48. The van der Waals surface area contributed by atoms with Crippen LogP contribution < -0.4 is 16.4 Å². The largest absolute Gasteiger partial charge is 0.480 e. The molecule has 1 aliphatic rings. The topological polar surface area (TPSA) is 162 Å². The van der Waals surface area contributed by atoms with Crippen molar-refractivity contribution in [1.82, 2.24) is 15.5 Å². The van der Waals surface area contributed by atoms with E-state index in [0.717, 1.165) is 0 Å². The van der Waals surface area contributed by atoms with Gasteiger partial charge in [-0.2, -0.15) is 0 Å². The third-order valence-electron chi connectivity index (χ3n) is 4.32. The lowest BCUT2D eigenvalue weighted by atomic mass is 10.0. The number of aliphatic hydroxyl groups excluding tert-OH is 1. The lowest BCUT2D eigenvalue weighted by molar-refractivity contribution is -0.143. The van der Waals surface area contributed by atoms with Gasteiger partial charge in [0.15, 0.2) is 0 Å². The van der Waals surface area contributed by atoms with Crippen LogP contribution in [0.3, 0.4) is 0 Å². The molecule has 1 heterocycles. The van der Waals surface area contributed by atoms with Crippen LogP contribution in [0, 0.1) is 5.92 Å². The standard InChI is InChI=1S/C16H28N4O6/c1-8(2)13(16(25)26)19-11(22)7-18-14(23)10-5-4-6-20(10)15(24)12(17)9(3)21/h8-10,12-13,21H,4-7,17H2,1-3H3,(H,18,23)(H,19,22)(H,25,26). The van der Waals surface area contributed by atoms with Gasteiger partial charge >= 0.3 is 5.97 Å². The van der Waals surface area contributed by atoms with Crippen molar-refractivity contribution in [1.29, 1.82) is 0 Å². The minimum atomic E-state index is -1.15. The molecule has 0 radical (unpaired) electrons. The van der Waals surface area contributed by atoms with E-state index in [4.69, 9.17) is 10.8 Å². The smallest absolute Gasteiger partial charge is 0.326 e. The first kappa shape index (κ1) is 21.8. The van der Waals surface area contributed by atoms with Crippen LogP contribution in [0.15, 0.2) is 0 Å². The fourth-order valence-corrected chi connectivity index (χ4v) is 2.72. The third-order valence-corrected chi connectivity index (χ3v) is 4.32. The number of hydrogen-bond donors (Lipinski definition) is 5. The molecule has 1 fully saturated rings. The Hall–Kier alpha value is -2.20. The summed E-state index contributed by atoms with van der Waals surface area (Å²) in [5, 5.41) is 23.3. The quantitative estimate of drug-likeness (QED) is 0.330. The average molecular weight is 372 g/mol. The van der Waals surface area contributed by atoms with Gasteiger partial charge < -0.3 is 31.5 Å². The number of carboxylic acid groups (broad SMARTS) is 1. The number of aliphatic carboxylic acids is 1. The van der Waals surface area contributed by atoms with Gasteiger partial charge in [0.2, 0.25) is 17.7 Å². The SMILES string of the molecule is CC(C)C(NC(=O)CNC(=O)C1CCCN1C(=O)C(N)C(C)O)C(=O)O. The van der Waals surface area contributed by atoms with E-state index in [1.165, 1.54) is 11.8 Å². The Bertz CT molecular complexity index is 551. The number of likely N-dealkylation sites (tertiary alicyclic amines) is 1. The van der Waals surface area contributed by atoms with Crippen LogP contribution in [-0.4, -0.2) is 76.1 Å². The van der Waals surface area contributed by atoms with Crippen molar-refractivity contribution >= 4 is 23.7 Å². The minimum absolute atomic E-state index is 0.308. The molecule has 1 aliphatic heterocycles. The lowest BCUT2D eigenvalue weighted by Gasteiger charge is -2.27. The second-order valence-electron chi connectivity index (χ2n) is 6.80. The zero-order valence-electron chi connectivity index (χ0n) is 15.3. The molecule has 1 rings (SSSR count). The number of carbonyl (C=O) groups excluding carboxylic acids is 3. The van der Waals surface area contributed by atoms with Crippen LogP contribution in [0.4, 0.5) is 0 Å². The van der Waals surface area contributed by atoms with Crippen LogP contribution in [0.5, 0.6) is 0 Å². The van der Waals surface area contributed by atoms with Crippen LogP contribution in [-0.2, 0) is 19.2 Å². The van der Waals surface area contributed by atoms with Crippen LogP contribution in [0.1, 0.15) is 33.6 Å². The van der Waals surface area contributed by atoms with Crippen molar-refractivity contribution in [3.8, 4) is 0 Å². The number of nitrogens with two attached hydrogens (primary N) is 1. The summed E-state index contributed by atoms with van der Waals surface area (Å²) in [5.41, 5.74) is 5.64. The Morgan fingerprint density at radius 2 is 1.85 bits per heavy atom.